The molecule has 86 valence electrons. The minimum Gasteiger partial charge on any atom is -0.375 e. The first-order valence-electron chi connectivity index (χ1n) is 5.10. The maximum Gasteiger partial charge on any atom is 0.180 e. The minimum absolute atomic E-state index is 0.419. The number of nitrogen functional groups attached to an aromatic ring is 1. The third kappa shape index (κ3) is 2.61. The van der Waals surface area contributed by atoms with Gasteiger partial charge in [0.05, 0.1) is 5.69 Å². The van der Waals surface area contributed by atoms with Crippen LogP contribution in [0.4, 0.5) is 5.13 Å². The van der Waals surface area contributed by atoms with E-state index in [1.54, 1.807) is 11.3 Å². The van der Waals surface area contributed by atoms with E-state index in [9.17, 15) is 0 Å². The summed E-state index contributed by atoms with van der Waals surface area (Å²) in [5, 5.41) is 4.78. The average molecular weight is 253 g/mol. The van der Waals surface area contributed by atoms with E-state index in [0.717, 1.165) is 12.2 Å². The fourth-order valence-corrected chi connectivity index (χ4v) is 2.94. The van der Waals surface area contributed by atoms with Crippen molar-refractivity contribution >= 4 is 27.8 Å². The van der Waals surface area contributed by atoms with E-state index in [0.29, 0.717) is 11.2 Å². The van der Waals surface area contributed by atoms with E-state index in [4.69, 9.17) is 5.73 Å². The van der Waals surface area contributed by atoms with Crippen molar-refractivity contribution in [1.82, 2.24) is 9.88 Å². The highest BCUT2D eigenvalue weighted by molar-refractivity contribution is 7.13. The van der Waals surface area contributed by atoms with E-state index in [2.05, 4.69) is 41.4 Å². The standard InChI is InChI=1S/C11H15N3S2/c1-8(10-4-3-5-15-10)14(2)6-9-7-16-11(12)13-9/h3-5,7-8H,6H2,1-2H3,(H2,12,13). The Hall–Kier alpha value is -0.910. The molecule has 2 rings (SSSR count). The number of nitrogens with zero attached hydrogens (tertiary/aromatic N) is 2. The molecule has 0 aromatic carbocycles. The summed E-state index contributed by atoms with van der Waals surface area (Å²) in [5.41, 5.74) is 6.67. The number of hydrogen-bond acceptors (Lipinski definition) is 5. The molecule has 0 spiro atoms. The van der Waals surface area contributed by atoms with Crippen molar-refractivity contribution in [2.45, 2.75) is 19.5 Å². The van der Waals surface area contributed by atoms with Crippen LogP contribution in [0.15, 0.2) is 22.9 Å². The van der Waals surface area contributed by atoms with Gasteiger partial charge >= 0.3 is 0 Å². The molecule has 0 bridgehead atoms. The predicted molar refractivity (Wildman–Crippen MR) is 70.7 cm³/mol. The topological polar surface area (TPSA) is 42.1 Å². The van der Waals surface area contributed by atoms with E-state index in [1.807, 2.05) is 5.38 Å². The first-order valence-corrected chi connectivity index (χ1v) is 6.86. The molecule has 1 unspecified atom stereocenters. The molecule has 0 amide bonds. The van der Waals surface area contributed by atoms with Crippen LogP contribution in [-0.4, -0.2) is 16.9 Å². The number of thiophene rings is 1. The van der Waals surface area contributed by atoms with Gasteiger partial charge in [0.1, 0.15) is 0 Å². The lowest BCUT2D eigenvalue weighted by atomic mass is 10.2. The maximum absolute atomic E-state index is 5.62. The Morgan fingerprint density at radius 3 is 2.88 bits per heavy atom. The smallest absolute Gasteiger partial charge is 0.180 e. The van der Waals surface area contributed by atoms with Crippen molar-refractivity contribution in [3.05, 3.63) is 33.5 Å². The minimum atomic E-state index is 0.419. The second-order valence-corrected chi connectivity index (χ2v) is 5.65. The van der Waals surface area contributed by atoms with Crippen LogP contribution in [0.25, 0.3) is 0 Å². The summed E-state index contributed by atoms with van der Waals surface area (Å²) in [6.45, 7) is 3.05. The molecule has 0 fully saturated rings. The van der Waals surface area contributed by atoms with E-state index in [-0.39, 0.29) is 0 Å². The fraction of sp³-hybridized carbons (Fsp3) is 0.364. The zero-order chi connectivity index (χ0) is 11.5. The molecule has 0 saturated heterocycles. The van der Waals surface area contributed by atoms with Crippen LogP contribution in [0.1, 0.15) is 23.5 Å². The van der Waals surface area contributed by atoms with Crippen molar-refractivity contribution in [2.75, 3.05) is 12.8 Å². The molecule has 5 heteroatoms. The summed E-state index contributed by atoms with van der Waals surface area (Å²) in [6.07, 6.45) is 0. The summed E-state index contributed by atoms with van der Waals surface area (Å²) in [6, 6.07) is 4.68. The molecule has 2 heterocycles. The molecule has 16 heavy (non-hydrogen) atoms. The number of hydrogen-bond donors (Lipinski definition) is 1. The molecule has 3 nitrogen and oxygen atoms in total. The lowest BCUT2D eigenvalue weighted by Gasteiger charge is -2.22. The number of nitrogens with two attached hydrogens (primary N) is 1. The summed E-state index contributed by atoms with van der Waals surface area (Å²) in [7, 11) is 2.11. The lowest BCUT2D eigenvalue weighted by Crippen LogP contribution is -2.21. The molecule has 0 aliphatic carbocycles. The monoisotopic (exact) mass is 253 g/mol. The fourth-order valence-electron chi connectivity index (χ4n) is 1.53. The second kappa shape index (κ2) is 4.95. The number of rotatable bonds is 4. The van der Waals surface area contributed by atoms with Gasteiger partial charge in [-0.2, -0.15) is 0 Å². The quantitative estimate of drug-likeness (QED) is 0.911. The molecule has 0 aliphatic heterocycles. The predicted octanol–water partition coefficient (Wildman–Crippen LogP) is 2.98. The molecule has 0 saturated carbocycles. The van der Waals surface area contributed by atoms with Gasteiger partial charge in [0.2, 0.25) is 0 Å². The molecule has 1 atom stereocenters. The van der Waals surface area contributed by atoms with E-state index in [1.165, 1.54) is 16.2 Å². The van der Waals surface area contributed by atoms with Crippen LogP contribution >= 0.6 is 22.7 Å². The molecular formula is C11H15N3S2. The van der Waals surface area contributed by atoms with Gasteiger partial charge in [0.15, 0.2) is 5.13 Å². The van der Waals surface area contributed by atoms with E-state index < -0.39 is 0 Å². The summed E-state index contributed by atoms with van der Waals surface area (Å²) < 4.78 is 0. The first-order chi connectivity index (χ1) is 7.66. The normalized spacial score (nSPS) is 13.2. The van der Waals surface area contributed by atoms with Crippen molar-refractivity contribution < 1.29 is 0 Å². The Morgan fingerprint density at radius 1 is 1.50 bits per heavy atom. The van der Waals surface area contributed by atoms with Crippen LogP contribution in [0.2, 0.25) is 0 Å². The Bertz CT molecular complexity index is 436. The summed E-state index contributed by atoms with van der Waals surface area (Å²) in [4.78, 5) is 7.93. The lowest BCUT2D eigenvalue weighted by molar-refractivity contribution is 0.254. The van der Waals surface area contributed by atoms with Crippen LogP contribution in [0, 0.1) is 0 Å². The highest BCUT2D eigenvalue weighted by Crippen LogP contribution is 2.25. The summed E-state index contributed by atoms with van der Waals surface area (Å²) >= 11 is 3.29. The van der Waals surface area contributed by atoms with Crippen molar-refractivity contribution in [3.8, 4) is 0 Å². The van der Waals surface area contributed by atoms with Gasteiger partial charge in [-0.05, 0) is 25.4 Å². The molecular weight excluding hydrogens is 238 g/mol. The first kappa shape index (κ1) is 11.6. The van der Waals surface area contributed by atoms with Gasteiger partial charge in [-0.1, -0.05) is 6.07 Å². The highest BCUT2D eigenvalue weighted by Gasteiger charge is 2.13. The van der Waals surface area contributed by atoms with Gasteiger partial charge in [0, 0.05) is 22.8 Å². The average Bonchev–Trinajstić information content (AvgIpc) is 2.88. The molecule has 2 N–H and O–H groups in total. The highest BCUT2D eigenvalue weighted by atomic mass is 32.1. The van der Waals surface area contributed by atoms with Gasteiger partial charge in [0.25, 0.3) is 0 Å². The molecule has 0 radical (unpaired) electrons. The third-order valence-electron chi connectivity index (χ3n) is 2.60. The van der Waals surface area contributed by atoms with Crippen LogP contribution < -0.4 is 5.73 Å². The second-order valence-electron chi connectivity index (χ2n) is 3.78. The number of aromatic nitrogens is 1. The Balaban J connectivity index is 2.00. The van der Waals surface area contributed by atoms with Crippen molar-refractivity contribution in [1.29, 1.82) is 0 Å². The maximum atomic E-state index is 5.62. The van der Waals surface area contributed by atoms with Gasteiger partial charge in [-0.25, -0.2) is 4.98 Å². The van der Waals surface area contributed by atoms with E-state index >= 15 is 0 Å². The largest absolute Gasteiger partial charge is 0.375 e. The van der Waals surface area contributed by atoms with Crippen molar-refractivity contribution in [2.24, 2.45) is 0 Å². The Kier molecular flexibility index (Phi) is 3.58. The SMILES string of the molecule is CC(c1cccs1)N(C)Cc1csc(N)n1. The van der Waals surface area contributed by atoms with Crippen molar-refractivity contribution in [3.63, 3.8) is 0 Å². The zero-order valence-electron chi connectivity index (χ0n) is 9.38. The molecule has 2 aromatic heterocycles. The third-order valence-corrected chi connectivity index (χ3v) is 4.36. The number of thiazole rings is 1. The number of anilines is 1. The molecule has 0 aliphatic rings. The summed E-state index contributed by atoms with van der Waals surface area (Å²) in [5.74, 6) is 0. The molecule has 2 aromatic rings. The zero-order valence-corrected chi connectivity index (χ0v) is 11.0. The van der Waals surface area contributed by atoms with Crippen LogP contribution in [-0.2, 0) is 6.54 Å². The van der Waals surface area contributed by atoms with Gasteiger partial charge in [-0.15, -0.1) is 22.7 Å². The van der Waals surface area contributed by atoms with Gasteiger partial charge < -0.3 is 5.73 Å². The van der Waals surface area contributed by atoms with Crippen LogP contribution in [0.5, 0.6) is 0 Å². The van der Waals surface area contributed by atoms with Gasteiger partial charge in [-0.3, -0.25) is 4.90 Å². The Labute approximate surface area is 104 Å². The van der Waals surface area contributed by atoms with Crippen LogP contribution in [0.3, 0.4) is 0 Å². The Morgan fingerprint density at radius 2 is 2.31 bits per heavy atom.